The van der Waals surface area contributed by atoms with Gasteiger partial charge in [0.25, 0.3) is 5.91 Å². The van der Waals surface area contributed by atoms with Crippen LogP contribution in [0.5, 0.6) is 0 Å². The fraction of sp³-hybridized carbons (Fsp3) is 0.167. The van der Waals surface area contributed by atoms with Crippen molar-refractivity contribution in [3.63, 3.8) is 0 Å². The minimum atomic E-state index is -0.349. The van der Waals surface area contributed by atoms with Crippen LogP contribution >= 0.6 is 0 Å². The number of rotatable bonds is 5. The summed E-state index contributed by atoms with van der Waals surface area (Å²) in [6.45, 7) is 6.31. The molecule has 0 fully saturated rings. The normalized spacial score (nSPS) is 12.0. The van der Waals surface area contributed by atoms with Crippen molar-refractivity contribution in [1.82, 2.24) is 20.2 Å². The number of carbonyl (C=O) groups is 1. The molecule has 0 aliphatic heterocycles. The second-order valence-electron chi connectivity index (χ2n) is 8.08. The summed E-state index contributed by atoms with van der Waals surface area (Å²) >= 11 is 0. The molecule has 2 aromatic carbocycles. The zero-order valence-electron chi connectivity index (χ0n) is 17.6. The first-order valence-electron chi connectivity index (χ1n) is 9.94. The molecule has 0 unspecified atom stereocenters. The van der Waals surface area contributed by atoms with Gasteiger partial charge in [0.05, 0.1) is 6.26 Å². The van der Waals surface area contributed by atoms with Gasteiger partial charge in [-0.15, -0.1) is 5.10 Å². The van der Waals surface area contributed by atoms with Crippen molar-refractivity contribution in [3.8, 4) is 11.4 Å². The Morgan fingerprint density at radius 3 is 2.45 bits per heavy atom. The minimum Gasteiger partial charge on any atom is -0.465 e. The van der Waals surface area contributed by atoms with Crippen LogP contribution in [0.15, 0.2) is 77.4 Å². The molecule has 0 bridgehead atoms. The van der Waals surface area contributed by atoms with Crippen molar-refractivity contribution in [1.29, 1.82) is 0 Å². The van der Waals surface area contributed by atoms with E-state index < -0.39 is 0 Å². The number of amides is 1. The van der Waals surface area contributed by atoms with Crippen LogP contribution in [0.4, 0.5) is 5.69 Å². The van der Waals surface area contributed by atoms with Gasteiger partial charge >= 0.3 is 0 Å². The Balaban J connectivity index is 1.77. The third-order valence-corrected chi connectivity index (χ3v) is 4.77. The van der Waals surface area contributed by atoms with Crippen LogP contribution in [0.25, 0.3) is 23.2 Å². The average Bonchev–Trinajstić information content (AvgIpc) is 3.44. The van der Waals surface area contributed by atoms with E-state index in [-0.39, 0.29) is 17.0 Å². The summed E-state index contributed by atoms with van der Waals surface area (Å²) in [5, 5.41) is 15.1. The molecule has 0 aliphatic carbocycles. The van der Waals surface area contributed by atoms with Gasteiger partial charge < -0.3 is 9.73 Å². The molecule has 0 atom stereocenters. The molecule has 31 heavy (non-hydrogen) atoms. The zero-order chi connectivity index (χ0) is 21.8. The smallest absolute Gasteiger partial charge is 0.274 e. The summed E-state index contributed by atoms with van der Waals surface area (Å²) in [5.74, 6) is 0.624. The highest BCUT2D eigenvalue weighted by Gasteiger charge is 2.23. The highest BCUT2D eigenvalue weighted by Crippen LogP contribution is 2.30. The molecule has 0 saturated carbocycles. The number of hydrogen-bond donors (Lipinski definition) is 1. The highest BCUT2D eigenvalue weighted by molar-refractivity contribution is 6.24. The number of furan rings is 1. The Hall–Kier alpha value is -4.00. The van der Waals surface area contributed by atoms with Gasteiger partial charge in [-0.3, -0.25) is 4.79 Å². The minimum absolute atomic E-state index is 0.140. The molecule has 7 nitrogen and oxygen atoms in total. The summed E-state index contributed by atoms with van der Waals surface area (Å²) in [6, 6.07) is 20.8. The third-order valence-electron chi connectivity index (χ3n) is 4.77. The van der Waals surface area contributed by atoms with E-state index in [0.717, 1.165) is 16.8 Å². The van der Waals surface area contributed by atoms with Gasteiger partial charge in [-0.1, -0.05) is 69.3 Å². The average molecular weight is 413 g/mol. The summed E-state index contributed by atoms with van der Waals surface area (Å²) in [7, 11) is 0. The SMILES string of the molecule is CC(C)(C)c1ccccc1NC(=O)/C(=C\c1ccco1)n1nnnc1-c1ccccc1. The van der Waals surface area contributed by atoms with Gasteiger partial charge in [0, 0.05) is 17.3 Å². The topological polar surface area (TPSA) is 85.8 Å². The number of anilines is 1. The summed E-state index contributed by atoms with van der Waals surface area (Å²) < 4.78 is 6.87. The fourth-order valence-electron chi connectivity index (χ4n) is 3.28. The molecular formula is C24H23N5O2. The van der Waals surface area contributed by atoms with E-state index in [4.69, 9.17) is 4.42 Å². The van der Waals surface area contributed by atoms with Gasteiger partial charge in [0.2, 0.25) is 0 Å². The second-order valence-corrected chi connectivity index (χ2v) is 8.08. The van der Waals surface area contributed by atoms with Gasteiger partial charge in [-0.05, 0) is 39.6 Å². The first kappa shape index (κ1) is 20.3. The van der Waals surface area contributed by atoms with E-state index in [1.165, 1.54) is 4.68 Å². The van der Waals surface area contributed by atoms with Crippen LogP contribution in [-0.2, 0) is 10.2 Å². The fourth-order valence-corrected chi connectivity index (χ4v) is 3.28. The van der Waals surface area contributed by atoms with Crippen LogP contribution in [0.1, 0.15) is 32.1 Å². The molecule has 0 aliphatic rings. The second kappa shape index (κ2) is 8.39. The van der Waals surface area contributed by atoms with E-state index >= 15 is 0 Å². The molecule has 0 radical (unpaired) electrons. The van der Waals surface area contributed by atoms with Crippen molar-refractivity contribution in [2.24, 2.45) is 0 Å². The number of carbonyl (C=O) groups excluding carboxylic acids is 1. The summed E-state index contributed by atoms with van der Waals surface area (Å²) in [6.07, 6.45) is 3.17. The Morgan fingerprint density at radius 2 is 1.74 bits per heavy atom. The maximum absolute atomic E-state index is 13.5. The predicted octanol–water partition coefficient (Wildman–Crippen LogP) is 4.87. The molecule has 0 saturated heterocycles. The van der Waals surface area contributed by atoms with Crippen LogP contribution in [-0.4, -0.2) is 26.1 Å². The Kier molecular flexibility index (Phi) is 5.49. The van der Waals surface area contributed by atoms with Crippen molar-refractivity contribution < 1.29 is 9.21 Å². The number of tetrazole rings is 1. The van der Waals surface area contributed by atoms with Gasteiger partial charge in [-0.2, -0.15) is 4.68 Å². The quantitative estimate of drug-likeness (QED) is 0.472. The van der Waals surface area contributed by atoms with E-state index in [0.29, 0.717) is 11.6 Å². The van der Waals surface area contributed by atoms with Gasteiger partial charge in [0.1, 0.15) is 11.5 Å². The Labute approximate surface area is 180 Å². The van der Waals surface area contributed by atoms with Crippen molar-refractivity contribution in [2.75, 3.05) is 5.32 Å². The van der Waals surface area contributed by atoms with Crippen LogP contribution in [0.2, 0.25) is 0 Å². The highest BCUT2D eigenvalue weighted by atomic mass is 16.3. The largest absolute Gasteiger partial charge is 0.465 e. The number of nitrogens with zero attached hydrogens (tertiary/aromatic N) is 4. The lowest BCUT2D eigenvalue weighted by Crippen LogP contribution is -2.22. The zero-order valence-corrected chi connectivity index (χ0v) is 17.6. The molecule has 0 spiro atoms. The molecule has 2 aromatic heterocycles. The van der Waals surface area contributed by atoms with Crippen LogP contribution in [0.3, 0.4) is 0 Å². The van der Waals surface area contributed by atoms with E-state index in [1.807, 2.05) is 54.6 Å². The molecule has 2 heterocycles. The predicted molar refractivity (Wildman–Crippen MR) is 120 cm³/mol. The maximum Gasteiger partial charge on any atom is 0.274 e. The van der Waals surface area contributed by atoms with E-state index in [1.54, 1.807) is 24.5 Å². The Bertz CT molecular complexity index is 1200. The molecule has 4 aromatic rings. The lowest BCUT2D eigenvalue weighted by Gasteiger charge is -2.23. The van der Waals surface area contributed by atoms with Crippen molar-refractivity contribution in [3.05, 3.63) is 84.3 Å². The van der Waals surface area contributed by atoms with Crippen molar-refractivity contribution >= 4 is 23.4 Å². The molecule has 4 rings (SSSR count). The third kappa shape index (κ3) is 4.45. The first-order valence-corrected chi connectivity index (χ1v) is 9.94. The lowest BCUT2D eigenvalue weighted by molar-refractivity contribution is -0.111. The lowest BCUT2D eigenvalue weighted by atomic mass is 9.86. The van der Waals surface area contributed by atoms with E-state index in [2.05, 4.69) is 41.6 Å². The molecular weight excluding hydrogens is 390 g/mol. The Morgan fingerprint density at radius 1 is 1.00 bits per heavy atom. The van der Waals surface area contributed by atoms with Crippen LogP contribution < -0.4 is 5.32 Å². The monoisotopic (exact) mass is 413 g/mol. The maximum atomic E-state index is 13.5. The molecule has 1 amide bonds. The van der Waals surface area contributed by atoms with Crippen molar-refractivity contribution in [2.45, 2.75) is 26.2 Å². The summed E-state index contributed by atoms with van der Waals surface area (Å²) in [4.78, 5) is 13.5. The van der Waals surface area contributed by atoms with Crippen LogP contribution in [0, 0.1) is 0 Å². The first-order chi connectivity index (χ1) is 14.9. The number of nitrogens with one attached hydrogen (secondary N) is 1. The van der Waals surface area contributed by atoms with E-state index in [9.17, 15) is 4.79 Å². The number of para-hydroxylation sites is 1. The summed E-state index contributed by atoms with van der Waals surface area (Å²) in [5.41, 5.74) is 2.65. The number of hydrogen-bond acceptors (Lipinski definition) is 5. The molecule has 1 N–H and O–H groups in total. The number of aromatic nitrogens is 4. The van der Waals surface area contributed by atoms with Gasteiger partial charge in [-0.25, -0.2) is 0 Å². The van der Waals surface area contributed by atoms with Gasteiger partial charge in [0.15, 0.2) is 5.82 Å². The molecule has 7 heteroatoms. The standard InChI is InChI=1S/C24H23N5O2/c1-24(2,3)19-13-7-8-14-20(19)25-23(30)21(16-18-12-9-15-31-18)29-22(26-27-28-29)17-10-5-4-6-11-17/h4-16H,1-3H3,(H,25,30)/b21-16+. The molecule has 156 valence electrons. The number of benzene rings is 2.